The zero-order valence-corrected chi connectivity index (χ0v) is 13.5. The van der Waals surface area contributed by atoms with Crippen LogP contribution in [0.4, 0.5) is 11.4 Å². The molecule has 118 valence electrons. The molecule has 0 bridgehead atoms. The average molecular weight is 328 g/mol. The maximum absolute atomic E-state index is 11.4. The summed E-state index contributed by atoms with van der Waals surface area (Å²) in [6.45, 7) is 2.71. The van der Waals surface area contributed by atoms with Crippen molar-refractivity contribution in [2.24, 2.45) is 0 Å². The van der Waals surface area contributed by atoms with E-state index >= 15 is 0 Å². The van der Waals surface area contributed by atoms with Gasteiger partial charge in [0.1, 0.15) is 5.69 Å². The second-order valence-corrected chi connectivity index (χ2v) is 6.27. The fourth-order valence-electron chi connectivity index (χ4n) is 2.42. The largest absolute Gasteiger partial charge is 0.379 e. The molecule has 0 radical (unpaired) electrons. The van der Waals surface area contributed by atoms with Crippen molar-refractivity contribution in [3.63, 3.8) is 0 Å². The molecule has 0 spiro atoms. The molecule has 0 aliphatic heterocycles. The molecule has 0 amide bonds. The van der Waals surface area contributed by atoms with Crippen LogP contribution in [-0.2, 0) is 12.8 Å². The van der Waals surface area contributed by atoms with Crippen molar-refractivity contribution >= 4 is 33.5 Å². The van der Waals surface area contributed by atoms with E-state index in [1.165, 1.54) is 4.88 Å². The maximum Gasteiger partial charge on any atom is 0.300 e. The van der Waals surface area contributed by atoms with Crippen molar-refractivity contribution in [2.75, 3.05) is 11.9 Å². The van der Waals surface area contributed by atoms with Gasteiger partial charge in [-0.2, -0.15) is 0 Å². The van der Waals surface area contributed by atoms with Crippen molar-refractivity contribution < 1.29 is 4.92 Å². The highest BCUT2D eigenvalue weighted by Gasteiger charge is 2.18. The molecular formula is C16H16N4O2S. The molecule has 0 fully saturated rings. The van der Waals surface area contributed by atoms with Crippen molar-refractivity contribution in [2.45, 2.75) is 19.8 Å². The standard InChI is InChI=1S/C16H16N4O2S/c1-2-12-10-19-15(23-12)6-8-18-14-4-3-11-9-17-7-5-13(11)16(14)20(21)22/h3-5,7,9-10,18H,2,6,8H2,1H3. The van der Waals surface area contributed by atoms with E-state index in [0.717, 1.165) is 23.2 Å². The lowest BCUT2D eigenvalue weighted by Crippen LogP contribution is -2.07. The minimum atomic E-state index is -0.344. The first-order valence-corrected chi connectivity index (χ1v) is 8.19. The minimum absolute atomic E-state index is 0.0956. The van der Waals surface area contributed by atoms with Gasteiger partial charge in [-0.1, -0.05) is 13.0 Å². The van der Waals surface area contributed by atoms with Gasteiger partial charge in [0, 0.05) is 41.8 Å². The zero-order valence-electron chi connectivity index (χ0n) is 12.7. The summed E-state index contributed by atoms with van der Waals surface area (Å²) in [6.07, 6.45) is 6.83. The summed E-state index contributed by atoms with van der Waals surface area (Å²) in [5, 5.41) is 17.0. The summed E-state index contributed by atoms with van der Waals surface area (Å²) in [5.74, 6) is 0. The number of nitrogens with one attached hydrogen (secondary N) is 1. The van der Waals surface area contributed by atoms with Crippen molar-refractivity contribution in [3.8, 4) is 0 Å². The Hall–Kier alpha value is -2.54. The lowest BCUT2D eigenvalue weighted by molar-refractivity contribution is -0.382. The number of fused-ring (bicyclic) bond motifs is 1. The van der Waals surface area contributed by atoms with Crippen LogP contribution in [0.15, 0.2) is 36.8 Å². The molecule has 23 heavy (non-hydrogen) atoms. The molecule has 0 saturated carbocycles. The van der Waals surface area contributed by atoms with E-state index in [-0.39, 0.29) is 10.6 Å². The monoisotopic (exact) mass is 328 g/mol. The van der Waals surface area contributed by atoms with E-state index in [9.17, 15) is 10.1 Å². The van der Waals surface area contributed by atoms with E-state index < -0.39 is 0 Å². The molecule has 0 unspecified atom stereocenters. The van der Waals surface area contributed by atoms with Crippen LogP contribution in [-0.4, -0.2) is 21.4 Å². The first kappa shape index (κ1) is 15.4. The number of pyridine rings is 1. The Morgan fingerprint density at radius 3 is 2.91 bits per heavy atom. The van der Waals surface area contributed by atoms with Gasteiger partial charge < -0.3 is 5.32 Å². The molecule has 1 N–H and O–H groups in total. The molecule has 2 aromatic heterocycles. The van der Waals surface area contributed by atoms with Gasteiger partial charge in [-0.15, -0.1) is 11.3 Å². The first-order valence-electron chi connectivity index (χ1n) is 7.37. The topological polar surface area (TPSA) is 81.0 Å². The van der Waals surface area contributed by atoms with Crippen LogP contribution in [0, 0.1) is 10.1 Å². The smallest absolute Gasteiger partial charge is 0.300 e. The minimum Gasteiger partial charge on any atom is -0.379 e. The first-order chi connectivity index (χ1) is 11.2. The van der Waals surface area contributed by atoms with E-state index in [2.05, 4.69) is 22.2 Å². The van der Waals surface area contributed by atoms with Crippen LogP contribution in [0.1, 0.15) is 16.8 Å². The molecule has 0 aliphatic rings. The number of aryl methyl sites for hydroxylation is 1. The van der Waals surface area contributed by atoms with Crippen molar-refractivity contribution in [3.05, 3.63) is 56.8 Å². The number of anilines is 1. The summed E-state index contributed by atoms with van der Waals surface area (Å²) < 4.78 is 0. The Morgan fingerprint density at radius 2 is 2.17 bits per heavy atom. The molecule has 1 aromatic carbocycles. The normalized spacial score (nSPS) is 10.8. The Kier molecular flexibility index (Phi) is 4.47. The molecule has 6 nitrogen and oxygen atoms in total. The van der Waals surface area contributed by atoms with Crippen LogP contribution in [0.3, 0.4) is 0 Å². The predicted octanol–water partition coefficient (Wildman–Crippen LogP) is 3.82. The third-order valence-electron chi connectivity index (χ3n) is 3.58. The summed E-state index contributed by atoms with van der Waals surface area (Å²) in [4.78, 5) is 20.7. The maximum atomic E-state index is 11.4. The van der Waals surface area contributed by atoms with Crippen molar-refractivity contribution in [1.29, 1.82) is 0 Å². The number of nitro groups is 1. The number of nitro benzene ring substituents is 1. The molecule has 3 rings (SSSR count). The Bertz CT molecular complexity index is 847. The van der Waals surface area contributed by atoms with Gasteiger partial charge >= 0.3 is 0 Å². The van der Waals surface area contributed by atoms with Crippen LogP contribution >= 0.6 is 11.3 Å². The van der Waals surface area contributed by atoms with Gasteiger partial charge in [-0.3, -0.25) is 15.1 Å². The van der Waals surface area contributed by atoms with Gasteiger partial charge in [-0.25, -0.2) is 4.98 Å². The van der Waals surface area contributed by atoms with E-state index in [0.29, 0.717) is 17.6 Å². The lowest BCUT2D eigenvalue weighted by Gasteiger charge is -2.08. The second-order valence-electron chi connectivity index (χ2n) is 5.07. The molecule has 0 atom stereocenters. The predicted molar refractivity (Wildman–Crippen MR) is 92.1 cm³/mol. The van der Waals surface area contributed by atoms with Gasteiger partial charge in [0.05, 0.1) is 15.3 Å². The molecule has 3 aromatic rings. The van der Waals surface area contributed by atoms with Crippen molar-refractivity contribution in [1.82, 2.24) is 9.97 Å². The fourth-order valence-corrected chi connectivity index (χ4v) is 3.28. The quantitative estimate of drug-likeness (QED) is 0.549. The number of hydrogen-bond donors (Lipinski definition) is 1. The number of hydrogen-bond acceptors (Lipinski definition) is 6. The van der Waals surface area contributed by atoms with Crippen LogP contribution in [0.5, 0.6) is 0 Å². The van der Waals surface area contributed by atoms with E-state index in [1.807, 2.05) is 12.3 Å². The fraction of sp³-hybridized carbons (Fsp3) is 0.250. The summed E-state index contributed by atoms with van der Waals surface area (Å²) >= 11 is 1.69. The second kappa shape index (κ2) is 6.70. The number of benzene rings is 1. The molecule has 7 heteroatoms. The summed E-state index contributed by atoms with van der Waals surface area (Å²) in [6, 6.07) is 5.25. The molecule has 2 heterocycles. The molecular weight excluding hydrogens is 312 g/mol. The van der Waals surface area contributed by atoms with Gasteiger partial charge in [-0.05, 0) is 18.6 Å². The third-order valence-corrected chi connectivity index (χ3v) is 4.78. The van der Waals surface area contributed by atoms with Gasteiger partial charge in [0.15, 0.2) is 0 Å². The lowest BCUT2D eigenvalue weighted by atomic mass is 10.1. The number of nitrogens with zero attached hydrogens (tertiary/aromatic N) is 3. The Morgan fingerprint density at radius 1 is 1.30 bits per heavy atom. The zero-order chi connectivity index (χ0) is 16.2. The van der Waals surface area contributed by atoms with Crippen LogP contribution in [0.25, 0.3) is 10.8 Å². The van der Waals surface area contributed by atoms with Gasteiger partial charge in [0.2, 0.25) is 0 Å². The number of aromatic nitrogens is 2. The Balaban J connectivity index is 1.79. The highest BCUT2D eigenvalue weighted by Crippen LogP contribution is 2.32. The SMILES string of the molecule is CCc1cnc(CCNc2ccc3cnccc3c2[N+](=O)[O-])s1. The van der Waals surface area contributed by atoms with Crippen LogP contribution in [0.2, 0.25) is 0 Å². The highest BCUT2D eigenvalue weighted by atomic mass is 32.1. The average Bonchev–Trinajstić information content (AvgIpc) is 3.02. The summed E-state index contributed by atoms with van der Waals surface area (Å²) in [7, 11) is 0. The van der Waals surface area contributed by atoms with E-state index in [4.69, 9.17) is 0 Å². The third kappa shape index (κ3) is 3.29. The summed E-state index contributed by atoms with van der Waals surface area (Å²) in [5.41, 5.74) is 0.624. The molecule has 0 aliphatic carbocycles. The van der Waals surface area contributed by atoms with Gasteiger partial charge in [0.25, 0.3) is 5.69 Å². The van der Waals surface area contributed by atoms with E-state index in [1.54, 1.807) is 35.9 Å². The number of thiazole rings is 1. The highest BCUT2D eigenvalue weighted by molar-refractivity contribution is 7.11. The Labute approximate surface area is 137 Å². The molecule has 0 saturated heterocycles. The number of rotatable bonds is 6. The van der Waals surface area contributed by atoms with Crippen LogP contribution < -0.4 is 5.32 Å².